The van der Waals surface area contributed by atoms with Crippen LogP contribution in [0, 0.1) is 13.8 Å². The zero-order valence-corrected chi connectivity index (χ0v) is 12.3. The zero-order chi connectivity index (χ0) is 13.6. The molecule has 3 rings (SSSR count). The molecule has 0 fully saturated rings. The second-order valence-corrected chi connectivity index (χ2v) is 5.39. The van der Waals surface area contributed by atoms with Crippen molar-refractivity contribution in [3.05, 3.63) is 46.1 Å². The summed E-state index contributed by atoms with van der Waals surface area (Å²) < 4.78 is 2.91. The van der Waals surface area contributed by atoms with E-state index in [9.17, 15) is 0 Å². The Kier molecular flexibility index (Phi) is 2.78. The van der Waals surface area contributed by atoms with E-state index in [2.05, 4.69) is 25.9 Å². The van der Waals surface area contributed by atoms with Crippen molar-refractivity contribution in [1.29, 1.82) is 0 Å². The molecule has 0 saturated heterocycles. The molecule has 0 aliphatic carbocycles. The molecule has 0 bridgehead atoms. The van der Waals surface area contributed by atoms with E-state index in [4.69, 9.17) is 5.73 Å². The SMILES string of the molecule is Cc1ccc(-n2c(N)nc3c(C)ccnc32)cc1Br. The number of rotatable bonds is 1. The van der Waals surface area contributed by atoms with Gasteiger partial charge in [0, 0.05) is 10.7 Å². The number of nitrogen functional groups attached to an aromatic ring is 1. The molecule has 5 heteroatoms. The monoisotopic (exact) mass is 316 g/mol. The third kappa shape index (κ3) is 1.90. The number of pyridine rings is 1. The van der Waals surface area contributed by atoms with Crippen molar-refractivity contribution in [2.24, 2.45) is 0 Å². The van der Waals surface area contributed by atoms with E-state index in [0.717, 1.165) is 26.9 Å². The van der Waals surface area contributed by atoms with Crippen LogP contribution in [0.15, 0.2) is 34.9 Å². The molecule has 0 amide bonds. The number of nitrogens with zero attached hydrogens (tertiary/aromatic N) is 3. The minimum absolute atomic E-state index is 0.451. The van der Waals surface area contributed by atoms with Crippen LogP contribution in [0.2, 0.25) is 0 Å². The Morgan fingerprint density at radius 3 is 2.68 bits per heavy atom. The minimum Gasteiger partial charge on any atom is -0.369 e. The molecular weight excluding hydrogens is 304 g/mol. The summed E-state index contributed by atoms with van der Waals surface area (Å²) in [6, 6.07) is 8.02. The van der Waals surface area contributed by atoms with Crippen LogP contribution >= 0.6 is 15.9 Å². The lowest BCUT2D eigenvalue weighted by atomic mass is 10.2. The molecule has 0 unspecified atom stereocenters. The first-order valence-corrected chi connectivity index (χ1v) is 6.73. The molecule has 2 heterocycles. The molecule has 19 heavy (non-hydrogen) atoms. The summed E-state index contributed by atoms with van der Waals surface area (Å²) in [7, 11) is 0. The molecule has 2 N–H and O–H groups in total. The van der Waals surface area contributed by atoms with Crippen molar-refractivity contribution >= 4 is 33.0 Å². The van der Waals surface area contributed by atoms with Crippen LogP contribution in [0.5, 0.6) is 0 Å². The molecule has 0 saturated carbocycles. The number of imidazole rings is 1. The van der Waals surface area contributed by atoms with Crippen molar-refractivity contribution in [2.75, 3.05) is 5.73 Å². The lowest BCUT2D eigenvalue weighted by molar-refractivity contribution is 1.08. The van der Waals surface area contributed by atoms with Crippen molar-refractivity contribution < 1.29 is 0 Å². The van der Waals surface area contributed by atoms with Gasteiger partial charge in [-0.1, -0.05) is 22.0 Å². The lowest BCUT2D eigenvalue weighted by Crippen LogP contribution is -2.01. The van der Waals surface area contributed by atoms with E-state index in [1.165, 1.54) is 5.56 Å². The Morgan fingerprint density at radius 1 is 1.16 bits per heavy atom. The second kappa shape index (κ2) is 4.35. The Hall–Kier alpha value is -1.88. The Morgan fingerprint density at radius 2 is 1.95 bits per heavy atom. The lowest BCUT2D eigenvalue weighted by Gasteiger charge is -2.07. The molecule has 3 aromatic rings. The number of hydrogen-bond donors (Lipinski definition) is 1. The summed E-state index contributed by atoms with van der Waals surface area (Å²) in [5.74, 6) is 0.451. The van der Waals surface area contributed by atoms with Crippen LogP contribution in [-0.2, 0) is 0 Å². The third-order valence-electron chi connectivity index (χ3n) is 3.19. The maximum atomic E-state index is 6.04. The topological polar surface area (TPSA) is 56.7 Å². The minimum atomic E-state index is 0.451. The summed E-state index contributed by atoms with van der Waals surface area (Å²) in [5.41, 5.74) is 10.9. The van der Waals surface area contributed by atoms with Crippen LogP contribution in [0.3, 0.4) is 0 Å². The number of nitrogens with two attached hydrogens (primary N) is 1. The Balaban J connectivity index is 2.33. The molecule has 0 aliphatic rings. The van der Waals surface area contributed by atoms with Gasteiger partial charge in [-0.3, -0.25) is 4.57 Å². The first kappa shape index (κ1) is 12.2. The highest BCUT2D eigenvalue weighted by molar-refractivity contribution is 9.10. The molecule has 0 atom stereocenters. The van der Waals surface area contributed by atoms with Crippen LogP contribution in [0.1, 0.15) is 11.1 Å². The summed E-state index contributed by atoms with van der Waals surface area (Å²) in [4.78, 5) is 8.80. The number of benzene rings is 1. The van der Waals surface area contributed by atoms with Crippen molar-refractivity contribution in [1.82, 2.24) is 14.5 Å². The zero-order valence-electron chi connectivity index (χ0n) is 10.7. The van der Waals surface area contributed by atoms with E-state index >= 15 is 0 Å². The number of aromatic nitrogens is 3. The molecule has 0 aliphatic heterocycles. The predicted octanol–water partition coefficient (Wildman–Crippen LogP) is 3.38. The van der Waals surface area contributed by atoms with Crippen LogP contribution < -0.4 is 5.73 Å². The maximum Gasteiger partial charge on any atom is 0.207 e. The normalized spacial score (nSPS) is 11.1. The predicted molar refractivity (Wildman–Crippen MR) is 80.5 cm³/mol. The van der Waals surface area contributed by atoms with Crippen LogP contribution in [0.4, 0.5) is 5.95 Å². The van der Waals surface area contributed by atoms with Gasteiger partial charge in [0.2, 0.25) is 5.95 Å². The quantitative estimate of drug-likeness (QED) is 0.748. The van der Waals surface area contributed by atoms with Gasteiger partial charge in [-0.2, -0.15) is 0 Å². The molecule has 0 radical (unpaired) electrons. The molecule has 96 valence electrons. The fourth-order valence-corrected chi connectivity index (χ4v) is 2.45. The number of hydrogen-bond acceptors (Lipinski definition) is 3. The summed E-state index contributed by atoms with van der Waals surface area (Å²) in [6.45, 7) is 4.05. The van der Waals surface area contributed by atoms with Crippen LogP contribution in [-0.4, -0.2) is 14.5 Å². The van der Waals surface area contributed by atoms with Gasteiger partial charge in [0.15, 0.2) is 5.65 Å². The van der Waals surface area contributed by atoms with Gasteiger partial charge in [-0.05, 0) is 43.2 Å². The van der Waals surface area contributed by atoms with Gasteiger partial charge in [0.1, 0.15) is 5.52 Å². The van der Waals surface area contributed by atoms with Crippen LogP contribution in [0.25, 0.3) is 16.9 Å². The fraction of sp³-hybridized carbons (Fsp3) is 0.143. The Bertz CT molecular complexity index is 776. The molecule has 0 spiro atoms. The highest BCUT2D eigenvalue weighted by atomic mass is 79.9. The largest absolute Gasteiger partial charge is 0.369 e. The average Bonchev–Trinajstić information content (AvgIpc) is 2.71. The summed E-state index contributed by atoms with van der Waals surface area (Å²) in [6.07, 6.45) is 1.78. The van der Waals surface area contributed by atoms with Crippen molar-refractivity contribution in [3.8, 4) is 5.69 Å². The van der Waals surface area contributed by atoms with Crippen molar-refractivity contribution in [3.63, 3.8) is 0 Å². The second-order valence-electron chi connectivity index (χ2n) is 4.54. The molecular formula is C14H13BrN4. The van der Waals surface area contributed by atoms with Gasteiger partial charge in [-0.25, -0.2) is 9.97 Å². The van der Waals surface area contributed by atoms with Gasteiger partial charge in [0.25, 0.3) is 0 Å². The summed E-state index contributed by atoms with van der Waals surface area (Å²) >= 11 is 3.54. The summed E-state index contributed by atoms with van der Waals surface area (Å²) in [5, 5.41) is 0. The number of halogens is 1. The van der Waals surface area contributed by atoms with E-state index in [1.807, 2.05) is 42.7 Å². The molecule has 2 aromatic heterocycles. The number of aryl methyl sites for hydroxylation is 2. The Labute approximate surface area is 119 Å². The fourth-order valence-electron chi connectivity index (χ4n) is 2.09. The third-order valence-corrected chi connectivity index (χ3v) is 4.04. The molecule has 1 aromatic carbocycles. The van der Waals surface area contributed by atoms with Crippen molar-refractivity contribution in [2.45, 2.75) is 13.8 Å². The first-order chi connectivity index (χ1) is 9.08. The van der Waals surface area contributed by atoms with E-state index < -0.39 is 0 Å². The molecule has 4 nitrogen and oxygen atoms in total. The van der Waals surface area contributed by atoms with Gasteiger partial charge in [-0.15, -0.1) is 0 Å². The van der Waals surface area contributed by atoms with E-state index in [0.29, 0.717) is 5.95 Å². The average molecular weight is 317 g/mol. The highest BCUT2D eigenvalue weighted by Crippen LogP contribution is 2.26. The van der Waals surface area contributed by atoms with Gasteiger partial charge < -0.3 is 5.73 Å². The van der Waals surface area contributed by atoms with E-state index in [-0.39, 0.29) is 0 Å². The number of fused-ring (bicyclic) bond motifs is 1. The van der Waals surface area contributed by atoms with Gasteiger partial charge in [0.05, 0.1) is 5.69 Å². The smallest absolute Gasteiger partial charge is 0.207 e. The van der Waals surface area contributed by atoms with E-state index in [1.54, 1.807) is 6.20 Å². The standard InChI is InChI=1S/C14H13BrN4/c1-8-3-4-10(7-11(8)15)19-13-12(18-14(19)16)9(2)5-6-17-13/h3-7H,1-2H3,(H2,16,18). The van der Waals surface area contributed by atoms with Gasteiger partial charge >= 0.3 is 0 Å². The highest BCUT2D eigenvalue weighted by Gasteiger charge is 2.13. The maximum absolute atomic E-state index is 6.04. The number of anilines is 1. The first-order valence-electron chi connectivity index (χ1n) is 5.94.